The van der Waals surface area contributed by atoms with E-state index in [1.165, 1.54) is 4.90 Å². The van der Waals surface area contributed by atoms with Gasteiger partial charge in [-0.3, -0.25) is 9.59 Å². The fourth-order valence-corrected chi connectivity index (χ4v) is 4.61. The minimum Gasteiger partial charge on any atom is -0.454 e. The average molecular weight is 511 g/mol. The van der Waals surface area contributed by atoms with Gasteiger partial charge in [0.2, 0.25) is 11.8 Å². The number of benzene rings is 3. The highest BCUT2D eigenvalue weighted by Crippen LogP contribution is 2.35. The van der Waals surface area contributed by atoms with Crippen LogP contribution < -0.4 is 10.2 Å². The molecule has 8 heteroatoms. The number of amides is 2. The molecule has 0 saturated carbocycles. The molecule has 1 heterocycles. The second-order valence-electron chi connectivity index (χ2n) is 8.31. The quantitative estimate of drug-likeness (QED) is 0.452. The number of para-hydroxylation sites is 1. The zero-order valence-electron chi connectivity index (χ0n) is 19.0. The van der Waals surface area contributed by atoms with Crippen LogP contribution in [0.1, 0.15) is 40.4 Å². The van der Waals surface area contributed by atoms with Crippen LogP contribution in [0.15, 0.2) is 72.8 Å². The molecule has 1 aliphatic heterocycles. The Morgan fingerprint density at radius 2 is 1.74 bits per heavy atom. The number of fused-ring (bicyclic) bond motifs is 1. The fourth-order valence-electron chi connectivity index (χ4n) is 4.10. The van der Waals surface area contributed by atoms with Crippen LogP contribution in [0.2, 0.25) is 10.0 Å². The molecular weight excluding hydrogens is 487 g/mol. The summed E-state index contributed by atoms with van der Waals surface area (Å²) in [6.07, 6.45) is -0.0722. The molecule has 1 N–H and O–H groups in total. The molecule has 3 aromatic rings. The minimum absolute atomic E-state index is 0.117. The molecule has 2 unspecified atom stereocenters. The first kappa shape index (κ1) is 24.8. The Balaban J connectivity index is 1.51. The Hall–Kier alpha value is -3.35. The van der Waals surface area contributed by atoms with Gasteiger partial charge < -0.3 is 15.0 Å². The summed E-state index contributed by atoms with van der Waals surface area (Å²) in [5.41, 5.74) is 2.54. The number of esters is 1. The van der Waals surface area contributed by atoms with Crippen LogP contribution in [-0.2, 0) is 20.7 Å². The van der Waals surface area contributed by atoms with Crippen LogP contribution in [0.3, 0.4) is 0 Å². The summed E-state index contributed by atoms with van der Waals surface area (Å²) in [5.74, 6) is -1.08. The van der Waals surface area contributed by atoms with Gasteiger partial charge in [-0.05, 0) is 42.3 Å². The van der Waals surface area contributed by atoms with Gasteiger partial charge in [-0.2, -0.15) is 0 Å². The summed E-state index contributed by atoms with van der Waals surface area (Å²) >= 11 is 12.2. The van der Waals surface area contributed by atoms with Gasteiger partial charge in [-0.15, -0.1) is 0 Å². The monoisotopic (exact) mass is 510 g/mol. The van der Waals surface area contributed by atoms with Crippen molar-refractivity contribution in [1.29, 1.82) is 0 Å². The minimum atomic E-state index is -0.867. The predicted octanol–water partition coefficient (Wildman–Crippen LogP) is 5.38. The molecule has 6 nitrogen and oxygen atoms in total. The molecule has 0 fully saturated rings. The number of hydrogen-bond acceptors (Lipinski definition) is 4. The molecule has 180 valence electrons. The molecule has 35 heavy (non-hydrogen) atoms. The van der Waals surface area contributed by atoms with E-state index < -0.39 is 18.1 Å². The van der Waals surface area contributed by atoms with Gasteiger partial charge in [0.1, 0.15) is 12.1 Å². The zero-order chi connectivity index (χ0) is 24.9. The summed E-state index contributed by atoms with van der Waals surface area (Å²) in [6.45, 7) is 0. The van der Waals surface area contributed by atoms with Crippen LogP contribution >= 0.6 is 23.2 Å². The first-order chi connectivity index (χ1) is 16.8. The Morgan fingerprint density at radius 3 is 2.49 bits per heavy atom. The Labute approximate surface area is 213 Å². The van der Waals surface area contributed by atoms with Gasteiger partial charge in [0, 0.05) is 35.5 Å². The van der Waals surface area contributed by atoms with Crippen molar-refractivity contribution in [3.63, 3.8) is 0 Å². The van der Waals surface area contributed by atoms with E-state index in [0.717, 1.165) is 5.56 Å². The van der Waals surface area contributed by atoms with Crippen LogP contribution in [0, 0.1) is 0 Å². The van der Waals surface area contributed by atoms with Crippen molar-refractivity contribution in [1.82, 2.24) is 5.32 Å². The molecule has 0 saturated heterocycles. The number of halogens is 2. The molecule has 4 rings (SSSR count). The molecule has 2 amide bonds. The lowest BCUT2D eigenvalue weighted by Gasteiger charge is -2.22. The molecule has 0 radical (unpaired) electrons. The maximum absolute atomic E-state index is 13.2. The lowest BCUT2D eigenvalue weighted by molar-refractivity contribution is -0.128. The van der Waals surface area contributed by atoms with Gasteiger partial charge in [0.15, 0.2) is 0 Å². The SMILES string of the molecule is CN1C(=O)C(NC(=O)CCc2ccc(Cl)cc2Cl)CC(OC(=O)c2ccccc2)c2ccccc21. The summed E-state index contributed by atoms with van der Waals surface area (Å²) in [6, 6.07) is 20.2. The molecule has 3 aromatic carbocycles. The van der Waals surface area contributed by atoms with E-state index >= 15 is 0 Å². The second-order valence-corrected chi connectivity index (χ2v) is 9.15. The van der Waals surface area contributed by atoms with Crippen molar-refractivity contribution >= 4 is 46.7 Å². The normalized spacial score (nSPS) is 17.3. The number of nitrogens with zero attached hydrogens (tertiary/aromatic N) is 1. The topological polar surface area (TPSA) is 75.7 Å². The van der Waals surface area contributed by atoms with E-state index in [9.17, 15) is 14.4 Å². The van der Waals surface area contributed by atoms with Crippen molar-refractivity contribution in [2.24, 2.45) is 0 Å². The largest absolute Gasteiger partial charge is 0.454 e. The lowest BCUT2D eigenvalue weighted by Crippen LogP contribution is -2.47. The first-order valence-electron chi connectivity index (χ1n) is 11.2. The molecule has 0 bridgehead atoms. The standard InChI is InChI=1S/C27H24Cl2N2O4/c1-31-23-10-6-5-9-20(23)24(35-27(34)18-7-3-2-4-8-18)16-22(26(31)33)30-25(32)14-12-17-11-13-19(28)15-21(17)29/h2-11,13,15,22,24H,12,14,16H2,1H3,(H,30,32). The van der Waals surface area contributed by atoms with E-state index in [1.807, 2.05) is 24.3 Å². The van der Waals surface area contributed by atoms with E-state index in [4.69, 9.17) is 27.9 Å². The second kappa shape index (κ2) is 10.9. The maximum atomic E-state index is 13.2. The highest BCUT2D eigenvalue weighted by atomic mass is 35.5. The summed E-state index contributed by atoms with van der Waals surface area (Å²) in [4.78, 5) is 40.3. The third-order valence-corrected chi connectivity index (χ3v) is 6.54. The predicted molar refractivity (Wildman–Crippen MR) is 136 cm³/mol. The van der Waals surface area contributed by atoms with Gasteiger partial charge in [-0.1, -0.05) is 65.7 Å². The van der Waals surface area contributed by atoms with Gasteiger partial charge in [0.25, 0.3) is 0 Å². The molecular formula is C27H24Cl2N2O4. The Kier molecular flexibility index (Phi) is 7.73. The average Bonchev–Trinajstić information content (AvgIpc) is 2.95. The number of ether oxygens (including phenoxy) is 1. The third kappa shape index (κ3) is 5.84. The highest BCUT2D eigenvalue weighted by Gasteiger charge is 2.36. The third-order valence-electron chi connectivity index (χ3n) is 5.95. The fraction of sp³-hybridized carbons (Fsp3) is 0.222. The van der Waals surface area contributed by atoms with Crippen LogP contribution in [0.25, 0.3) is 0 Å². The summed E-state index contributed by atoms with van der Waals surface area (Å²) in [7, 11) is 1.65. The van der Waals surface area contributed by atoms with Gasteiger partial charge >= 0.3 is 5.97 Å². The maximum Gasteiger partial charge on any atom is 0.338 e. The van der Waals surface area contributed by atoms with E-state index in [0.29, 0.717) is 33.3 Å². The Bertz CT molecular complexity index is 1250. The molecule has 0 aromatic heterocycles. The number of anilines is 1. The van der Waals surface area contributed by atoms with Crippen molar-refractivity contribution in [3.05, 3.63) is 99.5 Å². The van der Waals surface area contributed by atoms with E-state index in [-0.39, 0.29) is 24.7 Å². The van der Waals surface area contributed by atoms with Crippen molar-refractivity contribution in [3.8, 4) is 0 Å². The molecule has 0 aliphatic carbocycles. The van der Waals surface area contributed by atoms with Crippen LogP contribution in [0.4, 0.5) is 5.69 Å². The summed E-state index contributed by atoms with van der Waals surface area (Å²) in [5, 5.41) is 3.83. The van der Waals surface area contributed by atoms with Gasteiger partial charge in [0.05, 0.1) is 11.3 Å². The number of nitrogens with one attached hydrogen (secondary N) is 1. The lowest BCUT2D eigenvalue weighted by atomic mass is 10.0. The van der Waals surface area contributed by atoms with Crippen LogP contribution in [0.5, 0.6) is 0 Å². The molecule has 2 atom stereocenters. The molecule has 1 aliphatic rings. The first-order valence-corrected chi connectivity index (χ1v) is 11.9. The number of hydrogen-bond donors (Lipinski definition) is 1. The van der Waals surface area contributed by atoms with Gasteiger partial charge in [-0.25, -0.2) is 4.79 Å². The number of rotatable bonds is 6. The Morgan fingerprint density at radius 1 is 1.03 bits per heavy atom. The zero-order valence-corrected chi connectivity index (χ0v) is 20.6. The number of carbonyl (C=O) groups is 3. The number of carbonyl (C=O) groups excluding carboxylic acids is 3. The van der Waals surface area contributed by atoms with Crippen molar-refractivity contribution in [2.75, 3.05) is 11.9 Å². The van der Waals surface area contributed by atoms with Crippen molar-refractivity contribution in [2.45, 2.75) is 31.4 Å². The van der Waals surface area contributed by atoms with Crippen molar-refractivity contribution < 1.29 is 19.1 Å². The smallest absolute Gasteiger partial charge is 0.338 e. The molecule has 0 spiro atoms. The van der Waals surface area contributed by atoms with Crippen LogP contribution in [-0.4, -0.2) is 30.9 Å². The number of likely N-dealkylation sites (N-methyl/N-ethyl adjacent to an activating group) is 1. The van der Waals surface area contributed by atoms with E-state index in [1.54, 1.807) is 55.6 Å². The highest BCUT2D eigenvalue weighted by molar-refractivity contribution is 6.35. The van der Waals surface area contributed by atoms with E-state index in [2.05, 4.69) is 5.32 Å². The summed E-state index contributed by atoms with van der Waals surface area (Å²) < 4.78 is 5.85. The number of aryl methyl sites for hydroxylation is 1.